The summed E-state index contributed by atoms with van der Waals surface area (Å²) in [5.41, 5.74) is 3.72. The van der Waals surface area contributed by atoms with Gasteiger partial charge in [-0.25, -0.2) is 4.98 Å². The minimum absolute atomic E-state index is 0.0258. The lowest BCUT2D eigenvalue weighted by molar-refractivity contribution is 0.102. The Balaban J connectivity index is 1.79. The molecule has 0 radical (unpaired) electrons. The second-order valence-corrected chi connectivity index (χ2v) is 7.17. The van der Waals surface area contributed by atoms with Gasteiger partial charge in [-0.05, 0) is 19.4 Å². The number of rotatable bonds is 7. The second kappa shape index (κ2) is 8.34. The average Bonchev–Trinajstić information content (AvgIpc) is 3.09. The topological polar surface area (TPSA) is 55.1 Å². The van der Waals surface area contributed by atoms with Gasteiger partial charge in [-0.2, -0.15) is 0 Å². The molecule has 0 fully saturated rings. The number of ketones is 1. The molecule has 4 nitrogen and oxygen atoms in total. The van der Waals surface area contributed by atoms with E-state index in [0.29, 0.717) is 11.3 Å². The van der Waals surface area contributed by atoms with Crippen LogP contribution in [0.3, 0.4) is 0 Å². The monoisotopic (exact) mass is 366 g/mol. The first-order valence-electron chi connectivity index (χ1n) is 8.54. The van der Waals surface area contributed by atoms with E-state index in [4.69, 9.17) is 0 Å². The summed E-state index contributed by atoms with van der Waals surface area (Å²) in [6.45, 7) is 3.99. The first-order valence-corrected chi connectivity index (χ1v) is 9.53. The van der Waals surface area contributed by atoms with Crippen molar-refractivity contribution in [3.8, 4) is 0 Å². The number of nitrogens with zero attached hydrogens (tertiary/aromatic N) is 2. The third-order valence-corrected chi connectivity index (χ3v) is 5.34. The van der Waals surface area contributed by atoms with Gasteiger partial charge in [0.05, 0.1) is 30.3 Å². The summed E-state index contributed by atoms with van der Waals surface area (Å²) in [5.74, 6) is 0.384. The van der Waals surface area contributed by atoms with Gasteiger partial charge in [-0.1, -0.05) is 71.9 Å². The third-order valence-electron chi connectivity index (χ3n) is 4.38. The highest BCUT2D eigenvalue weighted by molar-refractivity contribution is 7.99. The number of benzene rings is 2. The molecule has 0 bridgehead atoms. The van der Waals surface area contributed by atoms with Crippen LogP contribution in [0, 0.1) is 6.92 Å². The number of carbonyl (C=O) groups excluding carboxylic acids is 1. The largest absolute Gasteiger partial charge is 0.390 e. The van der Waals surface area contributed by atoms with E-state index in [0.717, 1.165) is 22.0 Å². The van der Waals surface area contributed by atoms with Crippen molar-refractivity contribution in [1.82, 2.24) is 9.55 Å². The smallest absolute Gasteiger partial charge is 0.173 e. The van der Waals surface area contributed by atoms with Crippen LogP contribution in [-0.2, 0) is 6.61 Å². The van der Waals surface area contributed by atoms with Gasteiger partial charge in [0.1, 0.15) is 0 Å². The maximum absolute atomic E-state index is 12.4. The Bertz CT molecular complexity index is 873. The lowest BCUT2D eigenvalue weighted by Crippen LogP contribution is -2.12. The summed E-state index contributed by atoms with van der Waals surface area (Å²) in [5, 5.41) is 10.4. The third kappa shape index (κ3) is 4.06. The van der Waals surface area contributed by atoms with E-state index < -0.39 is 0 Å². The number of aliphatic hydroxyl groups is 1. The predicted octanol–water partition coefficient (Wildman–Crippen LogP) is 4.27. The fraction of sp³-hybridized carbons (Fsp3) is 0.238. The molecule has 0 aliphatic rings. The van der Waals surface area contributed by atoms with Crippen molar-refractivity contribution < 1.29 is 9.90 Å². The standard InChI is InChI=1S/C21H22N2O2S/c1-15-8-10-18(11-9-15)20(25)14-26-21-22-12-19(13-24)23(21)16(2)17-6-4-3-5-7-17/h3-12,16,24H,13-14H2,1-2H3/t16-/m0/s1. The Labute approximate surface area is 157 Å². The number of aryl methyl sites for hydroxylation is 1. The Kier molecular flexibility index (Phi) is 5.91. The molecule has 0 saturated carbocycles. The van der Waals surface area contributed by atoms with E-state index in [9.17, 15) is 9.90 Å². The number of aliphatic hydroxyl groups excluding tert-OH is 1. The summed E-state index contributed by atoms with van der Waals surface area (Å²) in [6, 6.07) is 17.7. The normalized spacial score (nSPS) is 12.1. The second-order valence-electron chi connectivity index (χ2n) is 6.22. The maximum atomic E-state index is 12.4. The number of hydrogen-bond acceptors (Lipinski definition) is 4. The van der Waals surface area contributed by atoms with Crippen LogP contribution in [0.15, 0.2) is 66.0 Å². The Hall–Kier alpha value is -2.37. The molecule has 1 N–H and O–H groups in total. The van der Waals surface area contributed by atoms with Gasteiger partial charge in [-0.3, -0.25) is 4.79 Å². The molecule has 0 aliphatic heterocycles. The Morgan fingerprint density at radius 3 is 2.50 bits per heavy atom. The molecule has 1 heterocycles. The van der Waals surface area contributed by atoms with Crippen LogP contribution in [0.25, 0.3) is 0 Å². The van der Waals surface area contributed by atoms with Gasteiger partial charge in [0, 0.05) is 5.56 Å². The minimum atomic E-state index is -0.0867. The first-order chi connectivity index (χ1) is 12.6. The summed E-state index contributed by atoms with van der Waals surface area (Å²) in [7, 11) is 0. The van der Waals surface area contributed by atoms with E-state index in [2.05, 4.69) is 24.0 Å². The lowest BCUT2D eigenvalue weighted by Gasteiger charge is -2.19. The molecule has 134 valence electrons. The number of hydrogen-bond donors (Lipinski definition) is 1. The van der Waals surface area contributed by atoms with Crippen LogP contribution in [0.1, 0.15) is 40.1 Å². The fourth-order valence-corrected chi connectivity index (χ4v) is 3.82. The van der Waals surface area contributed by atoms with E-state index in [1.807, 2.05) is 54.0 Å². The fourth-order valence-electron chi connectivity index (χ4n) is 2.85. The van der Waals surface area contributed by atoms with Gasteiger partial charge in [-0.15, -0.1) is 0 Å². The van der Waals surface area contributed by atoms with Crippen LogP contribution < -0.4 is 0 Å². The van der Waals surface area contributed by atoms with Crippen molar-refractivity contribution in [3.05, 3.63) is 83.2 Å². The van der Waals surface area contributed by atoms with Gasteiger partial charge in [0.15, 0.2) is 10.9 Å². The van der Waals surface area contributed by atoms with Crippen molar-refractivity contribution in [1.29, 1.82) is 0 Å². The first kappa shape index (κ1) is 18.4. The Morgan fingerprint density at radius 2 is 1.85 bits per heavy atom. The molecule has 0 spiro atoms. The van der Waals surface area contributed by atoms with Gasteiger partial charge >= 0.3 is 0 Å². The summed E-state index contributed by atoms with van der Waals surface area (Å²) < 4.78 is 2.00. The van der Waals surface area contributed by atoms with Crippen LogP contribution in [0.5, 0.6) is 0 Å². The molecule has 26 heavy (non-hydrogen) atoms. The number of imidazole rings is 1. The van der Waals surface area contributed by atoms with Crippen molar-refractivity contribution in [3.63, 3.8) is 0 Å². The van der Waals surface area contributed by atoms with Crippen molar-refractivity contribution in [2.45, 2.75) is 31.7 Å². The minimum Gasteiger partial charge on any atom is -0.390 e. The molecular formula is C21H22N2O2S. The van der Waals surface area contributed by atoms with Crippen LogP contribution in [0.2, 0.25) is 0 Å². The zero-order valence-electron chi connectivity index (χ0n) is 14.9. The van der Waals surface area contributed by atoms with Crippen LogP contribution in [0.4, 0.5) is 0 Å². The zero-order valence-corrected chi connectivity index (χ0v) is 15.7. The van der Waals surface area contributed by atoms with Crippen molar-refractivity contribution in [2.75, 3.05) is 5.75 Å². The molecule has 3 rings (SSSR count). The molecule has 0 saturated heterocycles. The average molecular weight is 366 g/mol. The van der Waals surface area contributed by atoms with E-state index in [1.165, 1.54) is 11.8 Å². The lowest BCUT2D eigenvalue weighted by atomic mass is 10.1. The number of Topliss-reactive ketones (excluding diaryl/α,β-unsaturated/α-hetero) is 1. The molecule has 3 aromatic rings. The molecular weight excluding hydrogens is 344 g/mol. The summed E-state index contributed by atoms with van der Waals surface area (Å²) >= 11 is 1.40. The van der Waals surface area contributed by atoms with Crippen molar-refractivity contribution >= 4 is 17.5 Å². The SMILES string of the molecule is Cc1ccc(C(=O)CSc2ncc(CO)n2[C@@H](C)c2ccccc2)cc1. The maximum Gasteiger partial charge on any atom is 0.173 e. The molecule has 5 heteroatoms. The van der Waals surface area contributed by atoms with Gasteiger partial charge < -0.3 is 9.67 Å². The van der Waals surface area contributed by atoms with Crippen LogP contribution in [-0.4, -0.2) is 26.2 Å². The number of carbonyl (C=O) groups is 1. The van der Waals surface area contributed by atoms with Crippen molar-refractivity contribution in [2.24, 2.45) is 0 Å². The molecule has 2 aromatic carbocycles. The van der Waals surface area contributed by atoms with Crippen LogP contribution >= 0.6 is 11.8 Å². The predicted molar refractivity (Wildman–Crippen MR) is 105 cm³/mol. The molecule has 0 aliphatic carbocycles. The quantitative estimate of drug-likeness (QED) is 0.501. The highest BCUT2D eigenvalue weighted by Crippen LogP contribution is 2.28. The summed E-state index contributed by atoms with van der Waals surface area (Å²) in [6.07, 6.45) is 1.68. The molecule has 0 unspecified atom stereocenters. The van der Waals surface area contributed by atoms with E-state index >= 15 is 0 Å². The number of aromatic nitrogens is 2. The van der Waals surface area contributed by atoms with E-state index in [-0.39, 0.29) is 18.4 Å². The molecule has 1 atom stereocenters. The van der Waals surface area contributed by atoms with E-state index in [1.54, 1.807) is 6.20 Å². The molecule has 1 aromatic heterocycles. The highest BCUT2D eigenvalue weighted by atomic mass is 32.2. The van der Waals surface area contributed by atoms with Gasteiger partial charge in [0.25, 0.3) is 0 Å². The Morgan fingerprint density at radius 1 is 1.15 bits per heavy atom. The number of thioether (sulfide) groups is 1. The molecule has 0 amide bonds. The highest BCUT2D eigenvalue weighted by Gasteiger charge is 2.18. The van der Waals surface area contributed by atoms with Gasteiger partial charge in [0.2, 0.25) is 0 Å². The summed E-state index contributed by atoms with van der Waals surface area (Å²) in [4.78, 5) is 16.9. The zero-order chi connectivity index (χ0) is 18.5.